The summed E-state index contributed by atoms with van der Waals surface area (Å²) in [7, 11) is 0. The molecule has 0 spiro atoms. The van der Waals surface area contributed by atoms with Crippen LogP contribution in [0.4, 0.5) is 4.39 Å². The van der Waals surface area contributed by atoms with Crippen molar-refractivity contribution in [1.82, 2.24) is 5.32 Å². The first-order valence-corrected chi connectivity index (χ1v) is 7.44. The lowest BCUT2D eigenvalue weighted by molar-refractivity contribution is 0.372. The van der Waals surface area contributed by atoms with E-state index >= 15 is 0 Å². The lowest BCUT2D eigenvalue weighted by Gasteiger charge is -2.21. The summed E-state index contributed by atoms with van der Waals surface area (Å²) in [5.41, 5.74) is 0.915. The SMILES string of the molecule is CC(C)CC(CNC(C)C)Cc1cccc(F)c1Cl. The molecule has 0 fully saturated rings. The molecule has 1 rings (SSSR count). The summed E-state index contributed by atoms with van der Waals surface area (Å²) in [6, 6.07) is 5.54. The molecule has 19 heavy (non-hydrogen) atoms. The average molecular weight is 286 g/mol. The van der Waals surface area contributed by atoms with E-state index in [2.05, 4.69) is 33.0 Å². The topological polar surface area (TPSA) is 12.0 Å². The molecule has 0 aliphatic carbocycles. The minimum atomic E-state index is -0.320. The number of hydrogen-bond acceptors (Lipinski definition) is 1. The molecule has 0 aromatic heterocycles. The van der Waals surface area contributed by atoms with Gasteiger partial charge in [-0.3, -0.25) is 0 Å². The molecule has 0 heterocycles. The Kier molecular flexibility index (Phi) is 6.81. The zero-order valence-electron chi connectivity index (χ0n) is 12.3. The fourth-order valence-electron chi connectivity index (χ4n) is 2.32. The van der Waals surface area contributed by atoms with Crippen molar-refractivity contribution in [3.8, 4) is 0 Å². The third kappa shape index (κ3) is 5.92. The van der Waals surface area contributed by atoms with Gasteiger partial charge in [-0.1, -0.05) is 51.4 Å². The highest BCUT2D eigenvalue weighted by Gasteiger charge is 2.15. The van der Waals surface area contributed by atoms with Gasteiger partial charge >= 0.3 is 0 Å². The summed E-state index contributed by atoms with van der Waals surface area (Å²) in [6.07, 6.45) is 1.95. The van der Waals surface area contributed by atoms with Gasteiger partial charge in [0.25, 0.3) is 0 Å². The molecule has 108 valence electrons. The van der Waals surface area contributed by atoms with Gasteiger partial charge in [0.2, 0.25) is 0 Å². The molecule has 1 unspecified atom stereocenters. The first-order chi connectivity index (χ1) is 8.90. The number of benzene rings is 1. The summed E-state index contributed by atoms with van der Waals surface area (Å²) < 4.78 is 13.5. The van der Waals surface area contributed by atoms with Crippen LogP contribution >= 0.6 is 11.6 Å². The van der Waals surface area contributed by atoms with E-state index in [-0.39, 0.29) is 10.8 Å². The Morgan fingerprint density at radius 1 is 1.21 bits per heavy atom. The smallest absolute Gasteiger partial charge is 0.142 e. The molecule has 1 atom stereocenters. The summed E-state index contributed by atoms with van der Waals surface area (Å²) in [5.74, 6) is 0.798. The van der Waals surface area contributed by atoms with Crippen molar-refractivity contribution >= 4 is 11.6 Å². The second-order valence-electron chi connectivity index (χ2n) is 5.98. The van der Waals surface area contributed by atoms with Crippen LogP contribution in [-0.4, -0.2) is 12.6 Å². The predicted octanol–water partition coefficient (Wildman–Crippen LogP) is 4.68. The highest BCUT2D eigenvalue weighted by atomic mass is 35.5. The predicted molar refractivity (Wildman–Crippen MR) is 81.2 cm³/mol. The second kappa shape index (κ2) is 7.86. The average Bonchev–Trinajstić information content (AvgIpc) is 2.31. The molecule has 3 heteroatoms. The van der Waals surface area contributed by atoms with Crippen LogP contribution in [0.15, 0.2) is 18.2 Å². The van der Waals surface area contributed by atoms with Gasteiger partial charge in [0.15, 0.2) is 0 Å². The lowest BCUT2D eigenvalue weighted by atomic mass is 9.90. The quantitative estimate of drug-likeness (QED) is 0.767. The largest absolute Gasteiger partial charge is 0.314 e. The molecular formula is C16H25ClFN. The van der Waals surface area contributed by atoms with Crippen molar-refractivity contribution < 1.29 is 4.39 Å². The van der Waals surface area contributed by atoms with Crippen molar-refractivity contribution in [2.24, 2.45) is 11.8 Å². The van der Waals surface area contributed by atoms with E-state index in [4.69, 9.17) is 11.6 Å². The fourth-order valence-corrected chi connectivity index (χ4v) is 2.53. The van der Waals surface area contributed by atoms with E-state index in [0.29, 0.717) is 17.9 Å². The molecule has 0 radical (unpaired) electrons. The Labute approximate surface area is 121 Å². The molecule has 0 amide bonds. The zero-order chi connectivity index (χ0) is 14.4. The summed E-state index contributed by atoms with van der Waals surface area (Å²) in [5, 5.41) is 3.75. The van der Waals surface area contributed by atoms with Gasteiger partial charge in [-0.05, 0) is 42.9 Å². The molecule has 0 bridgehead atoms. The standard InChI is InChI=1S/C16H25ClFN/c1-11(2)8-13(10-19-12(3)4)9-14-6-5-7-15(18)16(14)17/h5-7,11-13,19H,8-10H2,1-4H3. The Balaban J connectivity index is 2.72. The van der Waals surface area contributed by atoms with Crippen LogP contribution in [0.25, 0.3) is 0 Å². The van der Waals surface area contributed by atoms with Gasteiger partial charge in [0, 0.05) is 6.04 Å². The Morgan fingerprint density at radius 2 is 1.89 bits per heavy atom. The van der Waals surface area contributed by atoms with Crippen LogP contribution in [-0.2, 0) is 6.42 Å². The highest BCUT2D eigenvalue weighted by molar-refractivity contribution is 6.31. The molecular weight excluding hydrogens is 261 g/mol. The van der Waals surface area contributed by atoms with Gasteiger partial charge < -0.3 is 5.32 Å². The van der Waals surface area contributed by atoms with E-state index in [9.17, 15) is 4.39 Å². The second-order valence-corrected chi connectivity index (χ2v) is 6.35. The van der Waals surface area contributed by atoms with Crippen molar-refractivity contribution in [2.45, 2.75) is 46.6 Å². The fraction of sp³-hybridized carbons (Fsp3) is 0.625. The van der Waals surface area contributed by atoms with Gasteiger partial charge in [-0.2, -0.15) is 0 Å². The van der Waals surface area contributed by atoms with Crippen LogP contribution in [0.1, 0.15) is 39.7 Å². The zero-order valence-corrected chi connectivity index (χ0v) is 13.1. The van der Waals surface area contributed by atoms with Crippen molar-refractivity contribution in [3.05, 3.63) is 34.6 Å². The van der Waals surface area contributed by atoms with E-state index in [1.807, 2.05) is 6.07 Å². The van der Waals surface area contributed by atoms with E-state index in [1.54, 1.807) is 6.07 Å². The summed E-state index contributed by atoms with van der Waals surface area (Å²) in [4.78, 5) is 0. The van der Waals surface area contributed by atoms with Crippen molar-refractivity contribution in [1.29, 1.82) is 0 Å². The molecule has 0 saturated carbocycles. The normalized spacial score (nSPS) is 13.3. The minimum absolute atomic E-state index is 0.279. The Bertz CT molecular complexity index is 390. The number of halogens is 2. The molecule has 0 aliphatic rings. The molecule has 1 aromatic carbocycles. The molecule has 1 nitrogen and oxygen atoms in total. The Hall–Kier alpha value is -0.600. The van der Waals surface area contributed by atoms with Crippen LogP contribution in [0.2, 0.25) is 5.02 Å². The number of rotatable bonds is 7. The van der Waals surface area contributed by atoms with Gasteiger partial charge in [-0.15, -0.1) is 0 Å². The molecule has 1 aromatic rings. The van der Waals surface area contributed by atoms with E-state index in [0.717, 1.165) is 24.9 Å². The molecule has 0 saturated heterocycles. The van der Waals surface area contributed by atoms with E-state index in [1.165, 1.54) is 6.07 Å². The number of nitrogens with one attached hydrogen (secondary N) is 1. The lowest BCUT2D eigenvalue weighted by Crippen LogP contribution is -2.30. The van der Waals surface area contributed by atoms with Crippen LogP contribution in [0.5, 0.6) is 0 Å². The first-order valence-electron chi connectivity index (χ1n) is 7.06. The third-order valence-electron chi connectivity index (χ3n) is 3.16. The van der Waals surface area contributed by atoms with Crippen molar-refractivity contribution in [3.63, 3.8) is 0 Å². The maximum absolute atomic E-state index is 13.5. The van der Waals surface area contributed by atoms with Crippen LogP contribution < -0.4 is 5.32 Å². The monoisotopic (exact) mass is 285 g/mol. The minimum Gasteiger partial charge on any atom is -0.314 e. The summed E-state index contributed by atoms with van der Waals surface area (Å²) in [6.45, 7) is 9.66. The maximum atomic E-state index is 13.5. The first kappa shape index (κ1) is 16.5. The van der Waals surface area contributed by atoms with Crippen LogP contribution in [0.3, 0.4) is 0 Å². The number of hydrogen-bond donors (Lipinski definition) is 1. The van der Waals surface area contributed by atoms with E-state index < -0.39 is 0 Å². The summed E-state index contributed by atoms with van der Waals surface area (Å²) >= 11 is 6.04. The maximum Gasteiger partial charge on any atom is 0.142 e. The van der Waals surface area contributed by atoms with Crippen molar-refractivity contribution in [2.75, 3.05) is 6.54 Å². The highest BCUT2D eigenvalue weighted by Crippen LogP contribution is 2.24. The third-order valence-corrected chi connectivity index (χ3v) is 3.58. The molecule has 1 N–H and O–H groups in total. The van der Waals surface area contributed by atoms with Gasteiger partial charge in [0.1, 0.15) is 5.82 Å². The molecule has 0 aliphatic heterocycles. The van der Waals surface area contributed by atoms with Gasteiger partial charge in [-0.25, -0.2) is 4.39 Å². The van der Waals surface area contributed by atoms with Crippen LogP contribution in [0, 0.1) is 17.7 Å². The Morgan fingerprint density at radius 3 is 2.47 bits per heavy atom. The van der Waals surface area contributed by atoms with Gasteiger partial charge in [0.05, 0.1) is 5.02 Å².